The molecule has 0 fully saturated rings. The number of hydrogen-bond acceptors (Lipinski definition) is 3. The van der Waals surface area contributed by atoms with Crippen molar-refractivity contribution < 1.29 is 15.0 Å². The molecule has 5 heteroatoms. The molecular formula is C27H20N2O3. The molecule has 5 aromatic rings. The first-order valence-electron chi connectivity index (χ1n) is 10.3. The molecule has 0 aliphatic carbocycles. The van der Waals surface area contributed by atoms with E-state index in [0.717, 1.165) is 33.5 Å². The molecule has 4 aromatic carbocycles. The minimum absolute atomic E-state index is 0.216. The number of carboxylic acid groups (broad SMARTS) is 1. The SMILES string of the molecule is O=C(O)c1ccccc1-c1ccc(Cn2c(-c3ccc(O)cc3)nc3ccccc32)cc1. The van der Waals surface area contributed by atoms with Gasteiger partial charge in [0.15, 0.2) is 0 Å². The standard InChI is InChI=1S/C27H20N2O3/c30-21-15-13-20(14-16-21)26-28-24-7-3-4-8-25(24)29(26)17-18-9-11-19(12-10-18)22-5-1-2-6-23(22)27(31)32/h1-16,30H,17H2,(H,31,32). The summed E-state index contributed by atoms with van der Waals surface area (Å²) in [5.74, 6) is 0.105. The highest BCUT2D eigenvalue weighted by Crippen LogP contribution is 2.28. The molecule has 0 atom stereocenters. The molecule has 0 spiro atoms. The Bertz CT molecular complexity index is 1420. The van der Waals surface area contributed by atoms with Gasteiger partial charge in [0.2, 0.25) is 0 Å². The monoisotopic (exact) mass is 420 g/mol. The summed E-state index contributed by atoms with van der Waals surface area (Å²) in [7, 11) is 0. The molecular weight excluding hydrogens is 400 g/mol. The van der Waals surface area contributed by atoms with Gasteiger partial charge in [-0.3, -0.25) is 0 Å². The number of rotatable bonds is 5. The van der Waals surface area contributed by atoms with Crippen LogP contribution in [-0.2, 0) is 6.54 Å². The molecule has 0 amide bonds. The third-order valence-corrected chi connectivity index (χ3v) is 5.54. The van der Waals surface area contributed by atoms with Gasteiger partial charge in [-0.15, -0.1) is 0 Å². The molecule has 2 N–H and O–H groups in total. The quantitative estimate of drug-likeness (QED) is 0.376. The zero-order valence-electron chi connectivity index (χ0n) is 17.1. The van der Waals surface area contributed by atoms with E-state index in [1.165, 1.54) is 0 Å². The fourth-order valence-corrected chi connectivity index (χ4v) is 3.96. The van der Waals surface area contributed by atoms with Crippen LogP contribution < -0.4 is 0 Å². The van der Waals surface area contributed by atoms with E-state index in [4.69, 9.17) is 4.98 Å². The van der Waals surface area contributed by atoms with Gasteiger partial charge >= 0.3 is 5.97 Å². The molecule has 1 heterocycles. The number of phenolic OH excluding ortho intramolecular Hbond substituents is 1. The Morgan fingerprint density at radius 3 is 2.19 bits per heavy atom. The normalized spacial score (nSPS) is 11.0. The van der Waals surface area contributed by atoms with Crippen molar-refractivity contribution in [1.82, 2.24) is 9.55 Å². The van der Waals surface area contributed by atoms with Gasteiger partial charge in [0.25, 0.3) is 0 Å². The van der Waals surface area contributed by atoms with Crippen LogP contribution in [0.3, 0.4) is 0 Å². The number of nitrogens with zero attached hydrogens (tertiary/aromatic N) is 2. The summed E-state index contributed by atoms with van der Waals surface area (Å²) in [5.41, 5.74) is 5.77. The van der Waals surface area contributed by atoms with Crippen molar-refractivity contribution in [2.45, 2.75) is 6.54 Å². The van der Waals surface area contributed by atoms with Crippen molar-refractivity contribution >= 4 is 17.0 Å². The minimum atomic E-state index is -0.937. The van der Waals surface area contributed by atoms with Crippen LogP contribution in [0, 0.1) is 0 Å². The Morgan fingerprint density at radius 1 is 0.781 bits per heavy atom. The number of imidazole rings is 1. The molecule has 0 saturated heterocycles. The maximum absolute atomic E-state index is 11.6. The van der Waals surface area contributed by atoms with E-state index in [1.54, 1.807) is 24.3 Å². The van der Waals surface area contributed by atoms with Gasteiger partial charge in [0, 0.05) is 12.1 Å². The van der Waals surface area contributed by atoms with Crippen LogP contribution in [0.2, 0.25) is 0 Å². The summed E-state index contributed by atoms with van der Waals surface area (Å²) in [5, 5.41) is 19.1. The number of aromatic nitrogens is 2. The van der Waals surface area contributed by atoms with Crippen LogP contribution in [0.15, 0.2) is 97.1 Å². The number of hydrogen-bond donors (Lipinski definition) is 2. The van der Waals surface area contributed by atoms with E-state index >= 15 is 0 Å². The second kappa shape index (κ2) is 8.04. The highest BCUT2D eigenvalue weighted by atomic mass is 16.4. The van der Waals surface area contributed by atoms with Crippen LogP contribution in [0.4, 0.5) is 0 Å². The van der Waals surface area contributed by atoms with Gasteiger partial charge in [-0.25, -0.2) is 9.78 Å². The Morgan fingerprint density at radius 2 is 1.44 bits per heavy atom. The van der Waals surface area contributed by atoms with Crippen molar-refractivity contribution in [2.75, 3.05) is 0 Å². The second-order valence-corrected chi connectivity index (χ2v) is 7.60. The third-order valence-electron chi connectivity index (χ3n) is 5.54. The van der Waals surface area contributed by atoms with Crippen molar-refractivity contribution in [3.63, 3.8) is 0 Å². The lowest BCUT2D eigenvalue weighted by molar-refractivity contribution is 0.0697. The first kappa shape index (κ1) is 19.6. The predicted octanol–water partition coefficient (Wildman–Crippen LogP) is 5.82. The number of aromatic carboxylic acids is 1. The number of phenols is 1. The zero-order valence-corrected chi connectivity index (χ0v) is 17.1. The molecule has 0 bridgehead atoms. The lowest BCUT2D eigenvalue weighted by atomic mass is 9.99. The van der Waals surface area contributed by atoms with Crippen LogP contribution >= 0.6 is 0 Å². The van der Waals surface area contributed by atoms with Crippen molar-refractivity contribution in [3.8, 4) is 28.3 Å². The number of para-hydroxylation sites is 2. The Hall–Kier alpha value is -4.38. The molecule has 1 aromatic heterocycles. The van der Waals surface area contributed by atoms with Crippen LogP contribution in [0.5, 0.6) is 5.75 Å². The van der Waals surface area contributed by atoms with Gasteiger partial charge < -0.3 is 14.8 Å². The van der Waals surface area contributed by atoms with Crippen LogP contribution in [-0.4, -0.2) is 25.7 Å². The summed E-state index contributed by atoms with van der Waals surface area (Å²) in [6.45, 7) is 0.609. The van der Waals surface area contributed by atoms with E-state index in [-0.39, 0.29) is 11.3 Å². The van der Waals surface area contributed by atoms with Gasteiger partial charge in [-0.2, -0.15) is 0 Å². The predicted molar refractivity (Wildman–Crippen MR) is 125 cm³/mol. The summed E-state index contributed by atoms with van der Waals surface area (Å²) in [4.78, 5) is 16.4. The number of benzene rings is 4. The number of fused-ring (bicyclic) bond motifs is 1. The Labute approximate surface area is 184 Å². The average molecular weight is 420 g/mol. The highest BCUT2D eigenvalue weighted by Gasteiger charge is 2.14. The second-order valence-electron chi connectivity index (χ2n) is 7.60. The first-order chi connectivity index (χ1) is 15.6. The molecule has 156 valence electrons. The fraction of sp³-hybridized carbons (Fsp3) is 0.0370. The third kappa shape index (κ3) is 3.61. The molecule has 5 rings (SSSR count). The number of carbonyl (C=O) groups is 1. The fourth-order valence-electron chi connectivity index (χ4n) is 3.96. The van der Waals surface area contributed by atoms with Gasteiger partial charge in [0.05, 0.1) is 16.6 Å². The summed E-state index contributed by atoms with van der Waals surface area (Å²) >= 11 is 0. The summed E-state index contributed by atoms with van der Waals surface area (Å²) < 4.78 is 2.15. The smallest absolute Gasteiger partial charge is 0.336 e. The van der Waals surface area contributed by atoms with Crippen molar-refractivity contribution in [1.29, 1.82) is 0 Å². The van der Waals surface area contributed by atoms with E-state index in [9.17, 15) is 15.0 Å². The summed E-state index contributed by atoms with van der Waals surface area (Å²) in [6.07, 6.45) is 0. The lowest BCUT2D eigenvalue weighted by Crippen LogP contribution is -2.02. The van der Waals surface area contributed by atoms with Crippen molar-refractivity contribution in [3.05, 3.63) is 108 Å². The molecule has 0 radical (unpaired) electrons. The van der Waals surface area contributed by atoms with Crippen molar-refractivity contribution in [2.24, 2.45) is 0 Å². The maximum Gasteiger partial charge on any atom is 0.336 e. The highest BCUT2D eigenvalue weighted by molar-refractivity contribution is 5.96. The summed E-state index contributed by atoms with van der Waals surface area (Å²) in [6, 6.07) is 30.0. The van der Waals surface area contributed by atoms with E-state index < -0.39 is 5.97 Å². The Balaban J connectivity index is 1.53. The first-order valence-corrected chi connectivity index (χ1v) is 10.3. The Kier molecular flexibility index (Phi) is 4.92. The largest absolute Gasteiger partial charge is 0.508 e. The van der Waals surface area contributed by atoms with Gasteiger partial charge in [-0.05, 0) is 59.2 Å². The van der Waals surface area contributed by atoms with Crippen LogP contribution in [0.25, 0.3) is 33.5 Å². The molecule has 0 saturated carbocycles. The molecule has 0 aliphatic heterocycles. The maximum atomic E-state index is 11.6. The number of carboxylic acids is 1. The zero-order chi connectivity index (χ0) is 22.1. The molecule has 32 heavy (non-hydrogen) atoms. The molecule has 0 aliphatic rings. The van der Waals surface area contributed by atoms with E-state index in [2.05, 4.69) is 4.57 Å². The topological polar surface area (TPSA) is 75.3 Å². The lowest BCUT2D eigenvalue weighted by Gasteiger charge is -2.11. The van der Waals surface area contributed by atoms with Gasteiger partial charge in [-0.1, -0.05) is 54.6 Å². The molecule has 0 unspecified atom stereocenters. The van der Waals surface area contributed by atoms with Crippen LogP contribution in [0.1, 0.15) is 15.9 Å². The number of aromatic hydroxyl groups is 1. The average Bonchev–Trinajstić information content (AvgIpc) is 3.18. The minimum Gasteiger partial charge on any atom is -0.508 e. The van der Waals surface area contributed by atoms with Gasteiger partial charge in [0.1, 0.15) is 11.6 Å². The van der Waals surface area contributed by atoms with E-state index in [1.807, 2.05) is 72.8 Å². The van der Waals surface area contributed by atoms with E-state index in [0.29, 0.717) is 12.1 Å². The molecule has 5 nitrogen and oxygen atoms in total.